The van der Waals surface area contributed by atoms with Crippen molar-refractivity contribution in [2.45, 2.75) is 13.8 Å². The van der Waals surface area contributed by atoms with E-state index in [2.05, 4.69) is 23.7 Å². The molecular formula is C19H20FN3O. The zero-order chi connectivity index (χ0) is 17.1. The molecular weight excluding hydrogens is 305 g/mol. The van der Waals surface area contributed by atoms with Gasteiger partial charge in [0.2, 0.25) is 0 Å². The molecule has 0 saturated carbocycles. The summed E-state index contributed by atoms with van der Waals surface area (Å²) in [5.74, 6) is -0.437. The first-order valence-electron chi connectivity index (χ1n) is 8.12. The second-order valence-electron chi connectivity index (χ2n) is 5.63. The molecule has 1 amide bonds. The molecule has 0 fully saturated rings. The summed E-state index contributed by atoms with van der Waals surface area (Å²) >= 11 is 0. The van der Waals surface area contributed by atoms with Crippen LogP contribution in [0, 0.1) is 5.82 Å². The molecule has 1 heterocycles. The van der Waals surface area contributed by atoms with Gasteiger partial charge in [-0.05, 0) is 43.4 Å². The van der Waals surface area contributed by atoms with Gasteiger partial charge >= 0.3 is 0 Å². The van der Waals surface area contributed by atoms with Gasteiger partial charge in [-0.1, -0.05) is 32.0 Å². The predicted molar refractivity (Wildman–Crippen MR) is 94.3 cm³/mol. The molecule has 3 rings (SSSR count). The van der Waals surface area contributed by atoms with Crippen molar-refractivity contribution >= 4 is 23.0 Å². The minimum absolute atomic E-state index is 0.118. The smallest absolute Gasteiger partial charge is 0.278 e. The van der Waals surface area contributed by atoms with Crippen molar-refractivity contribution < 1.29 is 9.18 Å². The number of anilines is 1. The third-order valence-electron chi connectivity index (χ3n) is 4.20. The van der Waals surface area contributed by atoms with Crippen LogP contribution in [0.3, 0.4) is 0 Å². The van der Waals surface area contributed by atoms with Crippen molar-refractivity contribution in [3.8, 4) is 0 Å². The molecule has 5 heteroatoms. The van der Waals surface area contributed by atoms with E-state index < -0.39 is 0 Å². The molecule has 2 aromatic rings. The molecule has 0 unspecified atom stereocenters. The van der Waals surface area contributed by atoms with Crippen LogP contribution in [0.15, 0.2) is 53.5 Å². The van der Waals surface area contributed by atoms with Crippen molar-refractivity contribution in [3.63, 3.8) is 0 Å². The molecule has 1 aliphatic heterocycles. The minimum atomic E-state index is -0.319. The highest BCUT2D eigenvalue weighted by atomic mass is 19.1. The summed E-state index contributed by atoms with van der Waals surface area (Å²) in [6.45, 7) is 6.41. The van der Waals surface area contributed by atoms with Crippen LogP contribution in [0.4, 0.5) is 15.8 Å². The predicted octanol–water partition coefficient (Wildman–Crippen LogP) is 3.59. The fourth-order valence-electron chi connectivity index (χ4n) is 2.78. The van der Waals surface area contributed by atoms with Crippen LogP contribution < -0.4 is 4.90 Å². The summed E-state index contributed by atoms with van der Waals surface area (Å²) < 4.78 is 13.1. The zero-order valence-electron chi connectivity index (χ0n) is 13.9. The van der Waals surface area contributed by atoms with Crippen molar-refractivity contribution in [2.75, 3.05) is 24.7 Å². The molecule has 0 spiro atoms. The Hall–Kier alpha value is -2.53. The largest absolute Gasteiger partial charge is 0.293 e. The molecule has 0 bridgehead atoms. The second kappa shape index (κ2) is 6.93. The maximum absolute atomic E-state index is 13.1. The van der Waals surface area contributed by atoms with E-state index in [1.54, 1.807) is 17.0 Å². The quantitative estimate of drug-likeness (QED) is 0.842. The summed E-state index contributed by atoms with van der Waals surface area (Å²) in [5.41, 5.74) is 2.66. The first kappa shape index (κ1) is 16.3. The van der Waals surface area contributed by atoms with Gasteiger partial charge in [0.15, 0.2) is 0 Å². The van der Waals surface area contributed by atoms with Crippen molar-refractivity contribution in [1.29, 1.82) is 0 Å². The molecule has 0 saturated heterocycles. The number of fused-ring (bicyclic) bond motifs is 1. The Morgan fingerprint density at radius 2 is 1.71 bits per heavy atom. The first-order valence-corrected chi connectivity index (χ1v) is 8.12. The number of rotatable bonds is 5. The Bertz CT molecular complexity index is 766. The van der Waals surface area contributed by atoms with Gasteiger partial charge in [0.05, 0.1) is 18.0 Å². The van der Waals surface area contributed by atoms with Gasteiger partial charge < -0.3 is 0 Å². The lowest BCUT2D eigenvalue weighted by molar-refractivity contribution is -0.112. The minimum Gasteiger partial charge on any atom is -0.293 e. The highest BCUT2D eigenvalue weighted by molar-refractivity contribution is 6.54. The van der Waals surface area contributed by atoms with Gasteiger partial charge in [-0.25, -0.2) is 9.38 Å². The fourth-order valence-corrected chi connectivity index (χ4v) is 2.78. The summed E-state index contributed by atoms with van der Waals surface area (Å²) in [4.78, 5) is 21.3. The number of carbonyl (C=O) groups is 1. The topological polar surface area (TPSA) is 35.9 Å². The lowest BCUT2D eigenvalue weighted by Gasteiger charge is -2.25. The van der Waals surface area contributed by atoms with Gasteiger partial charge in [0.1, 0.15) is 11.5 Å². The van der Waals surface area contributed by atoms with Crippen LogP contribution in [-0.2, 0) is 4.79 Å². The number of halogens is 1. The first-order chi connectivity index (χ1) is 11.6. The van der Waals surface area contributed by atoms with Gasteiger partial charge in [-0.3, -0.25) is 14.6 Å². The molecule has 24 heavy (non-hydrogen) atoms. The van der Waals surface area contributed by atoms with E-state index >= 15 is 0 Å². The lowest BCUT2D eigenvalue weighted by Crippen LogP contribution is -2.41. The number of nitrogens with zero attached hydrogens (tertiary/aromatic N) is 3. The number of hydrogen-bond donors (Lipinski definition) is 0. The second-order valence-corrected chi connectivity index (χ2v) is 5.63. The van der Waals surface area contributed by atoms with E-state index in [0.717, 1.165) is 24.3 Å². The Morgan fingerprint density at radius 3 is 2.38 bits per heavy atom. The van der Waals surface area contributed by atoms with Gasteiger partial charge in [-0.15, -0.1) is 0 Å². The fraction of sp³-hybridized carbons (Fsp3) is 0.263. The van der Waals surface area contributed by atoms with E-state index in [9.17, 15) is 9.18 Å². The highest BCUT2D eigenvalue weighted by Gasteiger charge is 2.34. The maximum Gasteiger partial charge on any atom is 0.278 e. The molecule has 2 aromatic carbocycles. The molecule has 4 nitrogen and oxygen atoms in total. The van der Waals surface area contributed by atoms with Gasteiger partial charge in [0.25, 0.3) is 5.91 Å². The van der Waals surface area contributed by atoms with E-state index in [1.165, 1.54) is 12.1 Å². The van der Waals surface area contributed by atoms with E-state index in [-0.39, 0.29) is 11.7 Å². The Labute approximate surface area is 141 Å². The zero-order valence-corrected chi connectivity index (χ0v) is 13.9. The van der Waals surface area contributed by atoms with Gasteiger partial charge in [0, 0.05) is 5.56 Å². The lowest BCUT2D eigenvalue weighted by atomic mass is 10.1. The maximum atomic E-state index is 13.1. The van der Waals surface area contributed by atoms with Crippen molar-refractivity contribution in [3.05, 3.63) is 59.9 Å². The number of carbonyl (C=O) groups excluding carboxylic acids is 1. The Morgan fingerprint density at radius 1 is 1.04 bits per heavy atom. The number of para-hydroxylation sites is 1. The summed E-state index contributed by atoms with van der Waals surface area (Å²) in [6, 6.07) is 13.5. The molecule has 0 aromatic heterocycles. The molecule has 1 aliphatic rings. The van der Waals surface area contributed by atoms with Gasteiger partial charge in [-0.2, -0.15) is 0 Å². The van der Waals surface area contributed by atoms with Crippen LogP contribution in [0.25, 0.3) is 0 Å². The summed E-state index contributed by atoms with van der Waals surface area (Å²) in [7, 11) is 0. The van der Waals surface area contributed by atoms with Crippen LogP contribution in [-0.4, -0.2) is 36.3 Å². The van der Waals surface area contributed by atoms with Crippen LogP contribution in [0.2, 0.25) is 0 Å². The third-order valence-corrected chi connectivity index (χ3v) is 4.20. The number of benzene rings is 2. The number of amides is 1. The Kier molecular flexibility index (Phi) is 4.71. The number of aliphatic imine (C=N–C) groups is 1. The van der Waals surface area contributed by atoms with Crippen LogP contribution in [0.5, 0.6) is 0 Å². The average Bonchev–Trinajstić information content (AvgIpc) is 2.87. The SMILES string of the molecule is CCN(CC)CN1C(=O)C(=Nc2ccc(F)cc2)c2ccccc21. The summed E-state index contributed by atoms with van der Waals surface area (Å²) in [6.07, 6.45) is 0. The molecule has 0 aliphatic carbocycles. The van der Waals surface area contributed by atoms with Crippen molar-refractivity contribution in [2.24, 2.45) is 4.99 Å². The van der Waals surface area contributed by atoms with E-state index in [4.69, 9.17) is 0 Å². The standard InChI is InChI=1S/C19H20FN3O/c1-3-22(4-2)13-23-17-8-6-5-7-16(17)18(19(23)24)21-15-11-9-14(20)10-12-15/h5-12H,3-4,13H2,1-2H3. The van der Waals surface area contributed by atoms with Crippen LogP contribution >= 0.6 is 0 Å². The van der Waals surface area contributed by atoms with Crippen molar-refractivity contribution in [1.82, 2.24) is 4.90 Å². The Balaban J connectivity index is 1.99. The monoisotopic (exact) mass is 325 g/mol. The molecule has 0 radical (unpaired) electrons. The highest BCUT2D eigenvalue weighted by Crippen LogP contribution is 2.30. The molecule has 0 N–H and O–H groups in total. The average molecular weight is 325 g/mol. The normalized spacial score (nSPS) is 15.4. The van der Waals surface area contributed by atoms with E-state index in [0.29, 0.717) is 18.1 Å². The number of hydrogen-bond acceptors (Lipinski definition) is 3. The molecule has 0 atom stereocenters. The third kappa shape index (κ3) is 3.08. The summed E-state index contributed by atoms with van der Waals surface area (Å²) in [5, 5.41) is 0. The molecule has 124 valence electrons. The van der Waals surface area contributed by atoms with Crippen LogP contribution in [0.1, 0.15) is 19.4 Å². The van der Waals surface area contributed by atoms with E-state index in [1.807, 2.05) is 24.3 Å².